The van der Waals surface area contributed by atoms with Crippen LogP contribution in [0.2, 0.25) is 5.02 Å². The van der Waals surface area contributed by atoms with E-state index in [1.165, 1.54) is 0 Å². The van der Waals surface area contributed by atoms with Gasteiger partial charge in [0.25, 0.3) is 5.91 Å². The molecule has 0 radical (unpaired) electrons. The number of carbonyl (C=O) groups excluding carboxylic acids is 1. The number of ether oxygens (including phenoxy) is 1. The van der Waals surface area contributed by atoms with Gasteiger partial charge >= 0.3 is 0 Å². The highest BCUT2D eigenvalue weighted by molar-refractivity contribution is 9.10. The number of anilines is 2. The van der Waals surface area contributed by atoms with E-state index in [2.05, 4.69) is 21.2 Å². The van der Waals surface area contributed by atoms with E-state index in [0.717, 1.165) is 4.47 Å². The second kappa shape index (κ2) is 6.63. The van der Waals surface area contributed by atoms with Gasteiger partial charge in [0, 0.05) is 21.2 Å². The molecule has 0 bridgehead atoms. The summed E-state index contributed by atoms with van der Waals surface area (Å²) in [6, 6.07) is 12.1. The van der Waals surface area contributed by atoms with Crippen molar-refractivity contribution in [1.29, 1.82) is 0 Å². The zero-order valence-corrected chi connectivity index (χ0v) is 12.7. The maximum Gasteiger partial charge on any atom is 0.262 e. The summed E-state index contributed by atoms with van der Waals surface area (Å²) in [5.41, 5.74) is 6.85. The first-order valence-electron chi connectivity index (χ1n) is 5.78. The number of nitrogen functional groups attached to an aromatic ring is 1. The smallest absolute Gasteiger partial charge is 0.262 e. The Kier molecular flexibility index (Phi) is 4.87. The monoisotopic (exact) mass is 354 g/mol. The molecular weight excluding hydrogens is 344 g/mol. The third kappa shape index (κ3) is 4.15. The number of hydrogen-bond acceptors (Lipinski definition) is 3. The maximum atomic E-state index is 11.8. The van der Waals surface area contributed by atoms with E-state index < -0.39 is 0 Å². The fourth-order valence-corrected chi connectivity index (χ4v) is 2.10. The highest BCUT2D eigenvalue weighted by Gasteiger charge is 2.06. The number of hydrogen-bond donors (Lipinski definition) is 2. The third-order valence-corrected chi connectivity index (χ3v) is 3.17. The van der Waals surface area contributed by atoms with Gasteiger partial charge < -0.3 is 15.8 Å². The molecule has 0 heterocycles. The molecule has 0 atom stereocenters. The maximum absolute atomic E-state index is 11.8. The van der Waals surface area contributed by atoms with E-state index in [1.54, 1.807) is 30.3 Å². The Labute approximate surface area is 130 Å². The Hall–Kier alpha value is -1.72. The zero-order chi connectivity index (χ0) is 14.5. The minimum Gasteiger partial charge on any atom is -0.482 e. The zero-order valence-electron chi connectivity index (χ0n) is 10.4. The van der Waals surface area contributed by atoms with Crippen molar-refractivity contribution in [3.8, 4) is 5.75 Å². The molecule has 4 nitrogen and oxygen atoms in total. The summed E-state index contributed by atoms with van der Waals surface area (Å²) in [5, 5.41) is 3.22. The van der Waals surface area contributed by atoms with Gasteiger partial charge in [0.05, 0.1) is 5.69 Å². The molecule has 0 spiro atoms. The predicted octanol–water partition coefficient (Wildman–Crippen LogP) is 3.70. The number of amides is 1. The van der Waals surface area contributed by atoms with Gasteiger partial charge in [0.1, 0.15) is 5.75 Å². The van der Waals surface area contributed by atoms with Gasteiger partial charge in [-0.1, -0.05) is 33.6 Å². The van der Waals surface area contributed by atoms with Crippen molar-refractivity contribution in [3.63, 3.8) is 0 Å². The highest BCUT2D eigenvalue weighted by Crippen LogP contribution is 2.25. The van der Waals surface area contributed by atoms with Crippen LogP contribution in [0, 0.1) is 0 Å². The lowest BCUT2D eigenvalue weighted by atomic mass is 10.3. The van der Waals surface area contributed by atoms with E-state index in [9.17, 15) is 4.79 Å². The van der Waals surface area contributed by atoms with Gasteiger partial charge in [0.15, 0.2) is 6.61 Å². The Balaban J connectivity index is 1.94. The van der Waals surface area contributed by atoms with Crippen LogP contribution in [-0.4, -0.2) is 12.5 Å². The van der Waals surface area contributed by atoms with E-state index in [0.29, 0.717) is 22.1 Å². The van der Waals surface area contributed by atoms with Crippen molar-refractivity contribution in [2.75, 3.05) is 17.7 Å². The van der Waals surface area contributed by atoms with Crippen LogP contribution in [0.5, 0.6) is 5.75 Å². The normalized spacial score (nSPS) is 10.1. The molecule has 0 aliphatic carbocycles. The summed E-state index contributed by atoms with van der Waals surface area (Å²) in [5.74, 6) is 0.115. The molecule has 0 saturated carbocycles. The van der Waals surface area contributed by atoms with Crippen LogP contribution in [0.4, 0.5) is 11.4 Å². The summed E-state index contributed by atoms with van der Waals surface area (Å²) in [4.78, 5) is 11.8. The molecule has 0 saturated heterocycles. The second-order valence-corrected chi connectivity index (χ2v) is 5.38. The average Bonchev–Trinajstić information content (AvgIpc) is 2.40. The Morgan fingerprint density at radius 2 is 2.10 bits per heavy atom. The lowest BCUT2D eigenvalue weighted by molar-refractivity contribution is -0.118. The van der Waals surface area contributed by atoms with Crippen LogP contribution in [0.1, 0.15) is 0 Å². The first-order chi connectivity index (χ1) is 9.54. The number of nitrogens with two attached hydrogens (primary N) is 1. The molecule has 0 unspecified atom stereocenters. The first-order valence-corrected chi connectivity index (χ1v) is 6.95. The van der Waals surface area contributed by atoms with Gasteiger partial charge in [-0.25, -0.2) is 0 Å². The standard InChI is InChI=1S/C14H12BrClN2O2/c15-9-2-1-3-11(6-9)18-14(19)8-20-13-7-10(16)4-5-12(13)17/h1-7H,8,17H2,(H,18,19). The fourth-order valence-electron chi connectivity index (χ4n) is 1.54. The Morgan fingerprint density at radius 3 is 2.85 bits per heavy atom. The van der Waals surface area contributed by atoms with Crippen molar-refractivity contribution < 1.29 is 9.53 Å². The van der Waals surface area contributed by atoms with Crippen molar-refractivity contribution in [2.24, 2.45) is 0 Å². The quantitative estimate of drug-likeness (QED) is 0.822. The van der Waals surface area contributed by atoms with Crippen molar-refractivity contribution in [2.45, 2.75) is 0 Å². The molecule has 0 aliphatic rings. The molecule has 0 aromatic heterocycles. The fraction of sp³-hybridized carbons (Fsp3) is 0.0714. The molecule has 6 heteroatoms. The summed E-state index contributed by atoms with van der Waals surface area (Å²) < 4.78 is 6.23. The van der Waals surface area contributed by atoms with Crippen LogP contribution in [-0.2, 0) is 4.79 Å². The number of halogens is 2. The van der Waals surface area contributed by atoms with Crippen LogP contribution in [0.3, 0.4) is 0 Å². The van der Waals surface area contributed by atoms with Crippen molar-refractivity contribution >= 4 is 44.8 Å². The molecular formula is C14H12BrClN2O2. The Bertz CT molecular complexity index is 634. The van der Waals surface area contributed by atoms with Gasteiger partial charge in [0.2, 0.25) is 0 Å². The van der Waals surface area contributed by atoms with Crippen molar-refractivity contribution in [3.05, 3.63) is 52.0 Å². The van der Waals surface area contributed by atoms with Crippen LogP contribution in [0.25, 0.3) is 0 Å². The van der Waals surface area contributed by atoms with Crippen LogP contribution in [0.15, 0.2) is 46.9 Å². The van der Waals surface area contributed by atoms with Gasteiger partial charge in [-0.3, -0.25) is 4.79 Å². The third-order valence-electron chi connectivity index (χ3n) is 2.44. The number of benzene rings is 2. The van der Waals surface area contributed by atoms with E-state index >= 15 is 0 Å². The summed E-state index contributed by atoms with van der Waals surface area (Å²) in [6.07, 6.45) is 0. The van der Waals surface area contributed by atoms with Gasteiger partial charge in [-0.15, -0.1) is 0 Å². The van der Waals surface area contributed by atoms with E-state index in [-0.39, 0.29) is 12.5 Å². The largest absolute Gasteiger partial charge is 0.482 e. The average molecular weight is 356 g/mol. The van der Waals surface area contributed by atoms with Crippen LogP contribution < -0.4 is 15.8 Å². The van der Waals surface area contributed by atoms with Crippen LogP contribution >= 0.6 is 27.5 Å². The molecule has 104 valence electrons. The number of nitrogens with one attached hydrogen (secondary N) is 1. The molecule has 2 rings (SSSR count). The van der Waals surface area contributed by atoms with Gasteiger partial charge in [-0.05, 0) is 30.3 Å². The predicted molar refractivity (Wildman–Crippen MR) is 84.1 cm³/mol. The Morgan fingerprint density at radius 1 is 1.30 bits per heavy atom. The SMILES string of the molecule is Nc1ccc(Cl)cc1OCC(=O)Nc1cccc(Br)c1. The number of carbonyl (C=O) groups is 1. The van der Waals surface area contributed by atoms with E-state index in [4.69, 9.17) is 22.1 Å². The molecule has 0 fully saturated rings. The molecule has 0 aliphatic heterocycles. The molecule has 20 heavy (non-hydrogen) atoms. The van der Waals surface area contributed by atoms with Gasteiger partial charge in [-0.2, -0.15) is 0 Å². The second-order valence-electron chi connectivity index (χ2n) is 4.03. The summed E-state index contributed by atoms with van der Waals surface area (Å²) >= 11 is 9.17. The lowest BCUT2D eigenvalue weighted by Gasteiger charge is -2.10. The molecule has 1 amide bonds. The summed E-state index contributed by atoms with van der Waals surface area (Å²) in [6.45, 7) is -0.142. The van der Waals surface area contributed by atoms with Crippen molar-refractivity contribution in [1.82, 2.24) is 0 Å². The minimum absolute atomic E-state index is 0.142. The molecule has 2 aromatic carbocycles. The first kappa shape index (κ1) is 14.7. The van der Waals surface area contributed by atoms with E-state index in [1.807, 2.05) is 12.1 Å². The molecule has 2 aromatic rings. The number of rotatable bonds is 4. The molecule has 3 N–H and O–H groups in total. The lowest BCUT2D eigenvalue weighted by Crippen LogP contribution is -2.20. The summed E-state index contributed by atoms with van der Waals surface area (Å²) in [7, 11) is 0. The minimum atomic E-state index is -0.275. The highest BCUT2D eigenvalue weighted by atomic mass is 79.9. The topological polar surface area (TPSA) is 64.3 Å².